The van der Waals surface area contributed by atoms with Crippen molar-refractivity contribution in [3.8, 4) is 0 Å². The molecule has 1 aromatic carbocycles. The monoisotopic (exact) mass is 1020 g/mol. The molecular weight excluding hydrogens is 929 g/mol. The number of ether oxygens (including phenoxy) is 5. The highest BCUT2D eigenvalue weighted by Crippen LogP contribution is 2.45. The highest BCUT2D eigenvalue weighted by Gasteiger charge is 2.54. The van der Waals surface area contributed by atoms with Gasteiger partial charge in [-0.1, -0.05) is 52.0 Å². The molecule has 1 amide bonds. The number of nitrogens with zero attached hydrogens (tertiary/aromatic N) is 6. The number of benzene rings is 1. The van der Waals surface area contributed by atoms with Gasteiger partial charge >= 0.3 is 12.1 Å². The van der Waals surface area contributed by atoms with Crippen LogP contribution in [0.1, 0.15) is 113 Å². The second-order valence-corrected chi connectivity index (χ2v) is 22.9. The zero-order valence-electron chi connectivity index (χ0n) is 45.1. The van der Waals surface area contributed by atoms with Crippen LogP contribution in [0, 0.1) is 29.6 Å². The number of aliphatic hydroxyl groups is 6. The molecule has 6 N–H and O–H groups in total. The van der Waals surface area contributed by atoms with Crippen LogP contribution < -0.4 is 4.90 Å². The second-order valence-electron chi connectivity index (χ2n) is 22.9. The largest absolute Gasteiger partial charge is 0.459 e. The van der Waals surface area contributed by atoms with E-state index in [4.69, 9.17) is 23.7 Å². The molecule has 4 fully saturated rings. The molecular formula is C53H88N6O13. The summed E-state index contributed by atoms with van der Waals surface area (Å²) in [7, 11) is 3.95. The van der Waals surface area contributed by atoms with Gasteiger partial charge in [-0.3, -0.25) is 14.4 Å². The van der Waals surface area contributed by atoms with E-state index in [2.05, 4.69) is 29.2 Å². The number of aliphatic hydroxyl groups excluding tert-OH is 3. The quantitative estimate of drug-likeness (QED) is 0.157. The van der Waals surface area contributed by atoms with Crippen LogP contribution in [-0.2, 0) is 47.9 Å². The lowest BCUT2D eigenvalue weighted by Gasteiger charge is -2.51. The fraction of sp³-hybridized carbons (Fsp3) is 0.811. The molecule has 19 heteroatoms. The van der Waals surface area contributed by atoms with Gasteiger partial charge in [0, 0.05) is 68.3 Å². The molecule has 0 saturated carbocycles. The first-order chi connectivity index (χ1) is 33.7. The van der Waals surface area contributed by atoms with Crippen molar-refractivity contribution in [2.75, 3.05) is 45.2 Å². The maximum atomic E-state index is 14.6. The van der Waals surface area contributed by atoms with Crippen LogP contribution in [-0.4, -0.2) is 192 Å². The number of rotatable bonds is 13. The first-order valence-corrected chi connectivity index (χ1v) is 26.4. The minimum absolute atomic E-state index is 0.0127. The molecule has 4 aliphatic heterocycles. The summed E-state index contributed by atoms with van der Waals surface area (Å²) in [6, 6.07) is 7.17. The molecule has 6 rings (SSSR count). The molecule has 1 aromatic heterocycles. The Balaban J connectivity index is 1.21. The number of cyclic esters (lactones) is 2. The number of anilines is 1. The standard InChI is InChI=1S/C53H88N6O13/c1-14-43-53(11,67)45(61)35(7)57(13)26-30(2)24-52(10,66)47(33(5)44(34(6)48(63)71-43)42-25-51(9,65)46(62)36(8)69-42)72-49-32(4)41(23-31(3)68-49)56(12)21-20-38-27-58(55-54-38)22-19-37-15-17-39(18-16-37)59-28-40(29-60)70-50(59)64/h15-18,27,30-36,40-47,49,60-62,65-67H,14,19-26,28-29H2,1-13H3/t30-,31-,32-,33+,34-,35-,36+,40-,41+,42-,43-,44?,45-,46+,47-,49+,51-,52-,53-/m1/s1. The van der Waals surface area contributed by atoms with Gasteiger partial charge in [0.05, 0.1) is 60.4 Å². The average Bonchev–Trinajstić information content (AvgIpc) is 3.95. The fourth-order valence-electron chi connectivity index (χ4n) is 12.3. The summed E-state index contributed by atoms with van der Waals surface area (Å²) in [6.45, 7) is 21.8. The summed E-state index contributed by atoms with van der Waals surface area (Å²) in [5.74, 6) is -3.24. The van der Waals surface area contributed by atoms with Gasteiger partial charge in [0.15, 0.2) is 6.29 Å². The molecule has 0 spiro atoms. The average molecular weight is 1020 g/mol. The Kier molecular flexibility index (Phi) is 19.1. The lowest BCUT2D eigenvalue weighted by atomic mass is 9.68. The maximum Gasteiger partial charge on any atom is 0.414 e. The van der Waals surface area contributed by atoms with Crippen molar-refractivity contribution in [1.82, 2.24) is 24.8 Å². The van der Waals surface area contributed by atoms with E-state index in [1.165, 1.54) is 11.8 Å². The molecule has 19 atom stereocenters. The third-order valence-corrected chi connectivity index (χ3v) is 16.6. The van der Waals surface area contributed by atoms with Gasteiger partial charge < -0.3 is 64.1 Å². The molecule has 2 aromatic rings. The van der Waals surface area contributed by atoms with Gasteiger partial charge in [0.2, 0.25) is 0 Å². The van der Waals surface area contributed by atoms with Crippen molar-refractivity contribution in [3.05, 3.63) is 41.7 Å². The Labute approximate surface area is 427 Å². The van der Waals surface area contributed by atoms with Crippen molar-refractivity contribution < 1.29 is 63.9 Å². The highest BCUT2D eigenvalue weighted by atomic mass is 16.7. The van der Waals surface area contributed by atoms with Gasteiger partial charge in [-0.15, -0.1) is 5.10 Å². The Hall–Kier alpha value is -3.34. The van der Waals surface area contributed by atoms with Gasteiger partial charge in [-0.25, -0.2) is 4.79 Å². The summed E-state index contributed by atoms with van der Waals surface area (Å²) in [4.78, 5) is 32.6. The third-order valence-electron chi connectivity index (χ3n) is 16.6. The summed E-state index contributed by atoms with van der Waals surface area (Å²) in [5, 5.41) is 77.4. The highest BCUT2D eigenvalue weighted by molar-refractivity contribution is 5.89. The molecule has 0 bridgehead atoms. The lowest BCUT2D eigenvalue weighted by Crippen LogP contribution is -2.61. The van der Waals surface area contributed by atoms with Crippen LogP contribution in [0.4, 0.5) is 10.5 Å². The summed E-state index contributed by atoms with van der Waals surface area (Å²) >= 11 is 0. The van der Waals surface area contributed by atoms with E-state index in [0.29, 0.717) is 44.7 Å². The van der Waals surface area contributed by atoms with E-state index in [9.17, 15) is 40.2 Å². The molecule has 408 valence electrons. The zero-order chi connectivity index (χ0) is 53.2. The molecule has 5 heterocycles. The van der Waals surface area contributed by atoms with Gasteiger partial charge in [-0.2, -0.15) is 0 Å². The van der Waals surface area contributed by atoms with Crippen LogP contribution in [0.5, 0.6) is 0 Å². The number of esters is 1. The van der Waals surface area contributed by atoms with E-state index >= 15 is 0 Å². The van der Waals surface area contributed by atoms with E-state index < -0.39 is 102 Å². The van der Waals surface area contributed by atoms with Crippen LogP contribution in [0.2, 0.25) is 0 Å². The molecule has 4 saturated heterocycles. The van der Waals surface area contributed by atoms with Crippen molar-refractivity contribution in [1.29, 1.82) is 0 Å². The number of amides is 1. The van der Waals surface area contributed by atoms with Gasteiger partial charge in [0.25, 0.3) is 0 Å². The van der Waals surface area contributed by atoms with Gasteiger partial charge in [-0.05, 0) is 111 Å². The van der Waals surface area contributed by atoms with Crippen molar-refractivity contribution in [2.24, 2.45) is 29.6 Å². The molecule has 19 nitrogen and oxygen atoms in total. The summed E-state index contributed by atoms with van der Waals surface area (Å²) in [5.41, 5.74) is -2.25. The van der Waals surface area contributed by atoms with Crippen molar-refractivity contribution in [3.63, 3.8) is 0 Å². The first-order valence-electron chi connectivity index (χ1n) is 26.4. The van der Waals surface area contributed by atoms with E-state index in [-0.39, 0.29) is 49.9 Å². The third kappa shape index (κ3) is 13.2. The Morgan fingerprint density at radius 3 is 2.18 bits per heavy atom. The Morgan fingerprint density at radius 1 is 0.875 bits per heavy atom. The fourth-order valence-corrected chi connectivity index (χ4v) is 12.3. The second kappa shape index (κ2) is 23.7. The van der Waals surface area contributed by atoms with E-state index in [0.717, 1.165) is 17.7 Å². The molecule has 0 aliphatic carbocycles. The maximum absolute atomic E-state index is 14.6. The van der Waals surface area contributed by atoms with Crippen LogP contribution in [0.25, 0.3) is 0 Å². The number of hydrogen-bond donors (Lipinski definition) is 6. The minimum atomic E-state index is -1.81. The smallest absolute Gasteiger partial charge is 0.414 e. The number of hydrogen-bond acceptors (Lipinski definition) is 17. The Morgan fingerprint density at radius 2 is 1.56 bits per heavy atom. The summed E-state index contributed by atoms with van der Waals surface area (Å²) < 4.78 is 33.6. The number of carbonyl (C=O) groups excluding carboxylic acids is 2. The van der Waals surface area contributed by atoms with Crippen molar-refractivity contribution in [2.45, 2.75) is 205 Å². The SMILES string of the molecule is CC[C@H]1OC(=O)[C@H](C)C([C@H]2C[C@@](C)(O)[C@@H](O)[C@H](C)O2)[C@H](C)[C@@H](O[C@@H]2O[C@H](C)C[C@H](N(C)CCc3cn(CCc4ccc(N5C[C@H](CO)OC5=O)cc4)nn3)[C@H]2C)[C@](C)(O)C[C@@H](C)CN(C)[C@H](C)[C@@H](O)[C@]1(C)O. The zero-order valence-corrected chi connectivity index (χ0v) is 45.1. The summed E-state index contributed by atoms with van der Waals surface area (Å²) in [6.07, 6.45) is -3.50. The normalized spacial score (nSPS) is 41.2. The molecule has 72 heavy (non-hydrogen) atoms. The van der Waals surface area contributed by atoms with E-state index in [1.807, 2.05) is 74.8 Å². The first kappa shape index (κ1) is 57.9. The number of aromatic nitrogens is 3. The Bertz CT molecular complexity index is 2070. The minimum Gasteiger partial charge on any atom is -0.459 e. The van der Waals surface area contributed by atoms with E-state index in [1.54, 1.807) is 34.6 Å². The number of carbonyl (C=O) groups is 2. The number of aryl methyl sites for hydroxylation is 2. The molecule has 0 radical (unpaired) electrons. The topological polar surface area (TPSA) is 242 Å². The predicted molar refractivity (Wildman–Crippen MR) is 269 cm³/mol. The van der Waals surface area contributed by atoms with Crippen LogP contribution in [0.15, 0.2) is 30.5 Å². The number of likely N-dealkylation sites (N-methyl/N-ethyl adjacent to an activating group) is 2. The molecule has 1 unspecified atom stereocenters. The predicted octanol–water partition coefficient (Wildman–Crippen LogP) is 3.56. The van der Waals surface area contributed by atoms with Crippen LogP contribution in [0.3, 0.4) is 0 Å². The van der Waals surface area contributed by atoms with Gasteiger partial charge in [0.1, 0.15) is 30.0 Å². The van der Waals surface area contributed by atoms with Crippen LogP contribution >= 0.6 is 0 Å². The lowest BCUT2D eigenvalue weighted by molar-refractivity contribution is -0.289. The molecule has 4 aliphatic rings. The van der Waals surface area contributed by atoms with Crippen molar-refractivity contribution >= 4 is 17.7 Å².